The summed E-state index contributed by atoms with van der Waals surface area (Å²) in [6, 6.07) is 14.2. The first kappa shape index (κ1) is 15.4. The fourth-order valence-electron chi connectivity index (χ4n) is 2.09. The zero-order valence-electron chi connectivity index (χ0n) is 11.2. The number of benzene rings is 2. The van der Waals surface area contributed by atoms with Crippen molar-refractivity contribution in [3.8, 4) is 0 Å². The molecular weight excluding hydrogens is 335 g/mol. The summed E-state index contributed by atoms with van der Waals surface area (Å²) in [5, 5.41) is 8.98. The van der Waals surface area contributed by atoms with Gasteiger partial charge >= 0.3 is 5.97 Å². The lowest BCUT2D eigenvalue weighted by Gasteiger charge is -2.08. The summed E-state index contributed by atoms with van der Waals surface area (Å²) < 4.78 is 14.5. The zero-order chi connectivity index (χ0) is 15.2. The number of carboxylic acid groups (broad SMARTS) is 1. The van der Waals surface area contributed by atoms with Gasteiger partial charge in [0.15, 0.2) is 0 Å². The van der Waals surface area contributed by atoms with Gasteiger partial charge in [-0.25, -0.2) is 9.18 Å². The SMILES string of the molecule is O=C(O)/C=C(\CCc1ccc(Br)cc1F)c1ccccc1. The lowest BCUT2D eigenvalue weighted by Crippen LogP contribution is -1.97. The lowest BCUT2D eigenvalue weighted by atomic mass is 9.98. The topological polar surface area (TPSA) is 37.3 Å². The quantitative estimate of drug-likeness (QED) is 0.796. The number of aryl methyl sites for hydroxylation is 1. The van der Waals surface area contributed by atoms with Crippen LogP contribution in [0.15, 0.2) is 59.1 Å². The van der Waals surface area contributed by atoms with Crippen LogP contribution in [0.25, 0.3) is 5.57 Å². The third-order valence-electron chi connectivity index (χ3n) is 3.12. The summed E-state index contributed by atoms with van der Waals surface area (Å²) in [4.78, 5) is 10.9. The maximum absolute atomic E-state index is 13.8. The molecule has 2 aromatic carbocycles. The molecule has 0 saturated carbocycles. The second-order valence-corrected chi connectivity index (χ2v) is 5.53. The fourth-order valence-corrected chi connectivity index (χ4v) is 2.43. The smallest absolute Gasteiger partial charge is 0.328 e. The molecule has 0 unspecified atom stereocenters. The number of halogens is 2. The first-order chi connectivity index (χ1) is 10.1. The van der Waals surface area contributed by atoms with Crippen LogP contribution in [0, 0.1) is 5.82 Å². The minimum Gasteiger partial charge on any atom is -0.478 e. The van der Waals surface area contributed by atoms with E-state index in [9.17, 15) is 9.18 Å². The van der Waals surface area contributed by atoms with Crippen molar-refractivity contribution < 1.29 is 14.3 Å². The van der Waals surface area contributed by atoms with Gasteiger partial charge in [0.25, 0.3) is 0 Å². The molecule has 4 heteroatoms. The van der Waals surface area contributed by atoms with Crippen LogP contribution in [-0.2, 0) is 11.2 Å². The molecule has 108 valence electrons. The minimum absolute atomic E-state index is 0.285. The Bertz CT molecular complexity index is 666. The average Bonchev–Trinajstić information content (AvgIpc) is 2.45. The average molecular weight is 349 g/mol. The van der Waals surface area contributed by atoms with Gasteiger partial charge in [-0.2, -0.15) is 0 Å². The maximum Gasteiger partial charge on any atom is 0.328 e. The van der Waals surface area contributed by atoms with E-state index in [0.29, 0.717) is 28.5 Å². The van der Waals surface area contributed by atoms with Gasteiger partial charge < -0.3 is 5.11 Å². The van der Waals surface area contributed by atoms with Crippen LogP contribution in [0.2, 0.25) is 0 Å². The largest absolute Gasteiger partial charge is 0.478 e. The minimum atomic E-state index is -0.995. The highest BCUT2D eigenvalue weighted by Crippen LogP contribution is 2.23. The number of rotatable bonds is 5. The van der Waals surface area contributed by atoms with Crippen LogP contribution in [0.1, 0.15) is 17.5 Å². The molecule has 21 heavy (non-hydrogen) atoms. The second kappa shape index (κ2) is 7.18. The predicted molar refractivity (Wildman–Crippen MR) is 84.5 cm³/mol. The Kier molecular flexibility index (Phi) is 5.28. The van der Waals surface area contributed by atoms with Gasteiger partial charge in [-0.1, -0.05) is 52.3 Å². The molecule has 0 aromatic heterocycles. The van der Waals surface area contributed by atoms with Gasteiger partial charge in [0, 0.05) is 10.5 Å². The first-order valence-corrected chi connectivity index (χ1v) is 7.28. The number of hydrogen-bond acceptors (Lipinski definition) is 1. The number of hydrogen-bond donors (Lipinski definition) is 1. The molecule has 0 aliphatic rings. The van der Waals surface area contributed by atoms with Crippen LogP contribution in [0.3, 0.4) is 0 Å². The van der Waals surface area contributed by atoms with E-state index in [2.05, 4.69) is 15.9 Å². The van der Waals surface area contributed by atoms with E-state index in [1.807, 2.05) is 30.3 Å². The van der Waals surface area contributed by atoms with Gasteiger partial charge in [0.1, 0.15) is 5.82 Å². The predicted octanol–water partition coefficient (Wildman–Crippen LogP) is 4.69. The molecule has 0 radical (unpaired) electrons. The number of carbonyl (C=O) groups is 1. The van der Waals surface area contributed by atoms with Crippen LogP contribution in [0.4, 0.5) is 4.39 Å². The molecule has 0 saturated heterocycles. The Hall–Kier alpha value is -1.94. The Morgan fingerprint density at radius 3 is 2.52 bits per heavy atom. The Labute approximate surface area is 131 Å². The van der Waals surface area contributed by atoms with Crippen molar-refractivity contribution >= 4 is 27.5 Å². The fraction of sp³-hybridized carbons (Fsp3) is 0.118. The molecule has 0 bridgehead atoms. The Morgan fingerprint density at radius 1 is 1.19 bits per heavy atom. The van der Waals surface area contributed by atoms with Crippen LogP contribution in [0.5, 0.6) is 0 Å². The molecule has 2 rings (SSSR count). The van der Waals surface area contributed by atoms with E-state index < -0.39 is 5.97 Å². The molecule has 2 nitrogen and oxygen atoms in total. The zero-order valence-corrected chi connectivity index (χ0v) is 12.8. The first-order valence-electron chi connectivity index (χ1n) is 6.49. The van der Waals surface area contributed by atoms with E-state index in [1.165, 1.54) is 12.1 Å². The van der Waals surface area contributed by atoms with Crippen molar-refractivity contribution in [2.45, 2.75) is 12.8 Å². The summed E-state index contributed by atoms with van der Waals surface area (Å²) in [6.07, 6.45) is 2.11. The van der Waals surface area contributed by atoms with Crippen LogP contribution in [-0.4, -0.2) is 11.1 Å². The van der Waals surface area contributed by atoms with E-state index in [-0.39, 0.29) is 5.82 Å². The molecule has 0 atom stereocenters. The maximum atomic E-state index is 13.8. The number of carboxylic acids is 1. The molecule has 1 N–H and O–H groups in total. The summed E-state index contributed by atoms with van der Waals surface area (Å²) >= 11 is 3.22. The summed E-state index contributed by atoms with van der Waals surface area (Å²) in [6.45, 7) is 0. The van der Waals surface area contributed by atoms with Gasteiger partial charge in [-0.15, -0.1) is 0 Å². The van der Waals surface area contributed by atoms with Crippen LogP contribution < -0.4 is 0 Å². The van der Waals surface area contributed by atoms with Crippen molar-refractivity contribution in [1.29, 1.82) is 0 Å². The number of allylic oxidation sites excluding steroid dienone is 1. The van der Waals surface area contributed by atoms with Crippen molar-refractivity contribution in [3.63, 3.8) is 0 Å². The highest BCUT2D eigenvalue weighted by Gasteiger charge is 2.08. The van der Waals surface area contributed by atoms with Crippen LogP contribution >= 0.6 is 15.9 Å². The summed E-state index contributed by atoms with van der Waals surface area (Å²) in [7, 11) is 0. The highest BCUT2D eigenvalue weighted by atomic mass is 79.9. The third kappa shape index (κ3) is 4.53. The molecule has 2 aromatic rings. The Morgan fingerprint density at radius 2 is 1.90 bits per heavy atom. The molecular formula is C17H14BrFO2. The van der Waals surface area contributed by atoms with Crippen molar-refractivity contribution in [3.05, 3.63) is 76.0 Å². The number of aliphatic carboxylic acids is 1. The normalized spacial score (nSPS) is 11.4. The second-order valence-electron chi connectivity index (χ2n) is 4.61. The standard InChI is InChI=1S/C17H14BrFO2/c18-15-9-8-13(16(19)11-15)6-7-14(10-17(20)21)12-4-2-1-3-5-12/h1-5,8-11H,6-7H2,(H,20,21)/b14-10+. The molecule has 0 aliphatic heterocycles. The van der Waals surface area contributed by atoms with Gasteiger partial charge in [-0.05, 0) is 41.7 Å². The molecule has 0 spiro atoms. The summed E-state index contributed by atoms with van der Waals surface area (Å²) in [5.41, 5.74) is 2.10. The highest BCUT2D eigenvalue weighted by molar-refractivity contribution is 9.10. The summed E-state index contributed by atoms with van der Waals surface area (Å²) in [5.74, 6) is -1.28. The van der Waals surface area contributed by atoms with E-state index in [4.69, 9.17) is 5.11 Å². The molecule has 0 amide bonds. The van der Waals surface area contributed by atoms with Gasteiger partial charge in [0.2, 0.25) is 0 Å². The third-order valence-corrected chi connectivity index (χ3v) is 3.61. The lowest BCUT2D eigenvalue weighted by molar-refractivity contribution is -0.131. The van der Waals surface area contributed by atoms with Crippen molar-refractivity contribution in [1.82, 2.24) is 0 Å². The van der Waals surface area contributed by atoms with E-state index in [0.717, 1.165) is 5.56 Å². The van der Waals surface area contributed by atoms with E-state index in [1.54, 1.807) is 12.1 Å². The molecule has 0 fully saturated rings. The van der Waals surface area contributed by atoms with Crippen molar-refractivity contribution in [2.75, 3.05) is 0 Å². The van der Waals surface area contributed by atoms with Gasteiger partial charge in [0.05, 0.1) is 0 Å². The van der Waals surface area contributed by atoms with Gasteiger partial charge in [-0.3, -0.25) is 0 Å². The van der Waals surface area contributed by atoms with E-state index >= 15 is 0 Å². The monoisotopic (exact) mass is 348 g/mol. The molecule has 0 aliphatic carbocycles. The van der Waals surface area contributed by atoms with Crippen molar-refractivity contribution in [2.24, 2.45) is 0 Å². The Balaban J connectivity index is 2.19. The molecule has 0 heterocycles.